The van der Waals surface area contributed by atoms with Crippen LogP contribution in [-0.4, -0.2) is 34.8 Å². The molecule has 1 amide bonds. The van der Waals surface area contributed by atoms with Crippen LogP contribution in [0.1, 0.15) is 5.82 Å². The zero-order valence-electron chi connectivity index (χ0n) is 10.2. The molecule has 0 saturated carbocycles. The maximum Gasteiger partial charge on any atom is 0.250 e. The quantitative estimate of drug-likeness (QED) is 0.853. The van der Waals surface area contributed by atoms with Gasteiger partial charge in [-0.1, -0.05) is 12.1 Å². The molecule has 2 aromatic rings. The Morgan fingerprint density at radius 1 is 1.50 bits per heavy atom. The number of H-pyrrole nitrogens is 1. The molecule has 6 heteroatoms. The number of ether oxygens (including phenoxy) is 1. The van der Waals surface area contributed by atoms with Gasteiger partial charge in [-0.25, -0.2) is 4.98 Å². The van der Waals surface area contributed by atoms with Crippen LogP contribution in [0.2, 0.25) is 0 Å². The summed E-state index contributed by atoms with van der Waals surface area (Å²) in [6.07, 6.45) is 0. The van der Waals surface area contributed by atoms with Crippen LogP contribution < -0.4 is 5.32 Å². The van der Waals surface area contributed by atoms with Gasteiger partial charge in [0, 0.05) is 18.4 Å². The van der Waals surface area contributed by atoms with E-state index >= 15 is 0 Å². The predicted octanol–water partition coefficient (Wildman–Crippen LogP) is 1.37. The lowest BCUT2D eigenvalue weighted by atomic mass is 10.2. The summed E-state index contributed by atoms with van der Waals surface area (Å²) in [5.74, 6) is 1.16. The molecular weight excluding hydrogens is 232 g/mol. The van der Waals surface area contributed by atoms with E-state index in [0.717, 1.165) is 11.4 Å². The van der Waals surface area contributed by atoms with Gasteiger partial charge in [0.25, 0.3) is 0 Å². The Kier molecular flexibility index (Phi) is 3.69. The molecule has 0 aliphatic carbocycles. The molecule has 1 aromatic carbocycles. The van der Waals surface area contributed by atoms with E-state index in [1.54, 1.807) is 6.07 Å². The number of carbonyl (C=O) groups excluding carboxylic acids is 1. The Hall–Kier alpha value is -2.21. The SMILES string of the molecule is COCC(=O)Nc1cccc(-c2n[nH]c(C)n2)c1. The van der Waals surface area contributed by atoms with Crippen molar-refractivity contribution >= 4 is 11.6 Å². The summed E-state index contributed by atoms with van der Waals surface area (Å²) in [5, 5.41) is 9.58. The second-order valence-corrected chi connectivity index (χ2v) is 3.81. The van der Waals surface area contributed by atoms with Crippen molar-refractivity contribution in [3.8, 4) is 11.4 Å². The van der Waals surface area contributed by atoms with Crippen LogP contribution in [0.15, 0.2) is 24.3 Å². The topological polar surface area (TPSA) is 79.9 Å². The van der Waals surface area contributed by atoms with Gasteiger partial charge in [0.15, 0.2) is 5.82 Å². The van der Waals surface area contributed by atoms with Crippen LogP contribution in [0.5, 0.6) is 0 Å². The van der Waals surface area contributed by atoms with Crippen molar-refractivity contribution in [3.05, 3.63) is 30.1 Å². The van der Waals surface area contributed by atoms with Crippen LogP contribution in [0.3, 0.4) is 0 Å². The first-order chi connectivity index (χ1) is 8.69. The number of aryl methyl sites for hydroxylation is 1. The van der Waals surface area contributed by atoms with Crippen LogP contribution in [0.4, 0.5) is 5.69 Å². The van der Waals surface area contributed by atoms with Crippen molar-refractivity contribution in [2.24, 2.45) is 0 Å². The summed E-state index contributed by atoms with van der Waals surface area (Å²) in [5.41, 5.74) is 1.53. The highest BCUT2D eigenvalue weighted by Crippen LogP contribution is 2.19. The van der Waals surface area contributed by atoms with Crippen molar-refractivity contribution in [1.82, 2.24) is 15.2 Å². The Balaban J connectivity index is 2.17. The van der Waals surface area contributed by atoms with Crippen molar-refractivity contribution < 1.29 is 9.53 Å². The summed E-state index contributed by atoms with van der Waals surface area (Å²) < 4.78 is 4.75. The lowest BCUT2D eigenvalue weighted by Gasteiger charge is -2.05. The minimum Gasteiger partial charge on any atom is -0.375 e. The summed E-state index contributed by atoms with van der Waals surface area (Å²) in [7, 11) is 1.48. The minimum absolute atomic E-state index is 0.0317. The average Bonchev–Trinajstić information content (AvgIpc) is 2.76. The van der Waals surface area contributed by atoms with Gasteiger partial charge in [-0.2, -0.15) is 5.10 Å². The fourth-order valence-electron chi connectivity index (χ4n) is 1.54. The summed E-state index contributed by atoms with van der Waals surface area (Å²) in [4.78, 5) is 15.6. The first kappa shape index (κ1) is 12.3. The largest absolute Gasteiger partial charge is 0.375 e. The number of benzene rings is 1. The van der Waals surface area contributed by atoms with E-state index in [0.29, 0.717) is 11.5 Å². The Morgan fingerprint density at radius 3 is 3.00 bits per heavy atom. The number of anilines is 1. The highest BCUT2D eigenvalue weighted by atomic mass is 16.5. The molecule has 18 heavy (non-hydrogen) atoms. The third-order valence-electron chi connectivity index (χ3n) is 2.28. The van der Waals surface area contributed by atoms with Gasteiger partial charge in [-0.15, -0.1) is 0 Å². The number of nitrogens with one attached hydrogen (secondary N) is 2. The van der Waals surface area contributed by atoms with E-state index in [-0.39, 0.29) is 12.5 Å². The number of amides is 1. The molecule has 0 unspecified atom stereocenters. The maximum absolute atomic E-state index is 11.4. The molecular formula is C12H14N4O2. The highest BCUT2D eigenvalue weighted by Gasteiger charge is 2.06. The van der Waals surface area contributed by atoms with Crippen LogP contribution in [-0.2, 0) is 9.53 Å². The minimum atomic E-state index is -0.194. The Morgan fingerprint density at radius 2 is 2.33 bits per heavy atom. The number of aromatic nitrogens is 3. The van der Waals surface area contributed by atoms with Crippen molar-refractivity contribution in [1.29, 1.82) is 0 Å². The molecule has 94 valence electrons. The number of nitrogens with zero attached hydrogens (tertiary/aromatic N) is 2. The van der Waals surface area contributed by atoms with Crippen molar-refractivity contribution in [2.75, 3.05) is 19.0 Å². The second-order valence-electron chi connectivity index (χ2n) is 3.81. The number of methoxy groups -OCH3 is 1. The van der Waals surface area contributed by atoms with Gasteiger partial charge < -0.3 is 10.1 Å². The summed E-state index contributed by atoms with van der Waals surface area (Å²) in [6.45, 7) is 1.87. The number of rotatable bonds is 4. The van der Waals surface area contributed by atoms with Crippen molar-refractivity contribution in [2.45, 2.75) is 6.92 Å². The molecule has 0 bridgehead atoms. The van der Waals surface area contributed by atoms with E-state index in [4.69, 9.17) is 4.74 Å². The molecule has 6 nitrogen and oxygen atoms in total. The molecule has 2 rings (SSSR count). The molecule has 0 aliphatic rings. The lowest BCUT2D eigenvalue weighted by Crippen LogP contribution is -2.16. The van der Waals surface area contributed by atoms with Crippen LogP contribution >= 0.6 is 0 Å². The predicted molar refractivity (Wildman–Crippen MR) is 67.1 cm³/mol. The second kappa shape index (κ2) is 5.42. The molecule has 0 fully saturated rings. The molecule has 1 heterocycles. The Labute approximate surface area is 104 Å². The van der Waals surface area contributed by atoms with E-state index in [9.17, 15) is 4.79 Å². The fraction of sp³-hybridized carbons (Fsp3) is 0.250. The van der Waals surface area contributed by atoms with E-state index < -0.39 is 0 Å². The average molecular weight is 246 g/mol. The zero-order valence-corrected chi connectivity index (χ0v) is 10.2. The molecule has 0 radical (unpaired) electrons. The fourth-order valence-corrected chi connectivity index (χ4v) is 1.54. The van der Waals surface area contributed by atoms with E-state index in [1.807, 2.05) is 25.1 Å². The van der Waals surface area contributed by atoms with Gasteiger partial charge >= 0.3 is 0 Å². The smallest absolute Gasteiger partial charge is 0.250 e. The maximum atomic E-state index is 11.4. The number of carbonyl (C=O) groups is 1. The highest BCUT2D eigenvalue weighted by molar-refractivity contribution is 5.92. The third-order valence-corrected chi connectivity index (χ3v) is 2.28. The normalized spacial score (nSPS) is 10.3. The van der Waals surface area contributed by atoms with Gasteiger partial charge in [-0.3, -0.25) is 9.89 Å². The lowest BCUT2D eigenvalue weighted by molar-refractivity contribution is -0.119. The van der Waals surface area contributed by atoms with Crippen LogP contribution in [0.25, 0.3) is 11.4 Å². The van der Waals surface area contributed by atoms with Crippen LogP contribution in [0, 0.1) is 6.92 Å². The molecule has 0 aliphatic heterocycles. The molecule has 2 N–H and O–H groups in total. The van der Waals surface area contributed by atoms with Crippen molar-refractivity contribution in [3.63, 3.8) is 0 Å². The number of aromatic amines is 1. The molecule has 0 atom stereocenters. The standard InChI is InChI=1S/C12H14N4O2/c1-8-13-12(16-15-8)9-4-3-5-10(6-9)14-11(17)7-18-2/h3-6H,7H2,1-2H3,(H,14,17)(H,13,15,16). The summed E-state index contributed by atoms with van der Waals surface area (Å²) in [6, 6.07) is 7.34. The van der Waals surface area contributed by atoms with Gasteiger partial charge in [0.1, 0.15) is 12.4 Å². The monoisotopic (exact) mass is 246 g/mol. The molecule has 0 saturated heterocycles. The van der Waals surface area contributed by atoms with Gasteiger partial charge in [0.2, 0.25) is 5.91 Å². The third kappa shape index (κ3) is 2.92. The zero-order chi connectivity index (χ0) is 13.0. The van der Waals surface area contributed by atoms with E-state index in [1.165, 1.54) is 7.11 Å². The first-order valence-electron chi connectivity index (χ1n) is 5.47. The van der Waals surface area contributed by atoms with E-state index in [2.05, 4.69) is 20.5 Å². The van der Waals surface area contributed by atoms with Gasteiger partial charge in [0.05, 0.1) is 0 Å². The first-order valence-corrected chi connectivity index (χ1v) is 5.47. The van der Waals surface area contributed by atoms with Gasteiger partial charge in [-0.05, 0) is 19.1 Å². The molecule has 0 spiro atoms. The summed E-state index contributed by atoms with van der Waals surface area (Å²) >= 11 is 0. The number of hydrogen-bond donors (Lipinski definition) is 2. The Bertz CT molecular complexity index is 551. The molecule has 1 aromatic heterocycles. The number of hydrogen-bond acceptors (Lipinski definition) is 4.